The number of hydrogen-bond acceptors (Lipinski definition) is 5. The average molecular weight is 355 g/mol. The van der Waals surface area contributed by atoms with E-state index in [0.29, 0.717) is 18.4 Å². The summed E-state index contributed by atoms with van der Waals surface area (Å²) in [4.78, 5) is 42.5. The highest BCUT2D eigenvalue weighted by Gasteiger charge is 2.46. The van der Waals surface area contributed by atoms with Gasteiger partial charge in [0.25, 0.3) is 0 Å². The maximum atomic E-state index is 12.3. The predicted molar refractivity (Wildman–Crippen MR) is 94.7 cm³/mol. The van der Waals surface area contributed by atoms with Gasteiger partial charge in [-0.2, -0.15) is 0 Å². The molecule has 26 heavy (non-hydrogen) atoms. The highest BCUT2D eigenvalue weighted by atomic mass is 16.7. The van der Waals surface area contributed by atoms with E-state index in [9.17, 15) is 14.4 Å². The topological polar surface area (TPSA) is 102 Å². The van der Waals surface area contributed by atoms with Gasteiger partial charge in [0.2, 0.25) is 11.8 Å². The molecule has 7 heteroatoms. The van der Waals surface area contributed by atoms with Gasteiger partial charge in [0.1, 0.15) is 0 Å². The molecule has 0 saturated carbocycles. The fourth-order valence-electron chi connectivity index (χ4n) is 3.22. The second-order valence-electron chi connectivity index (χ2n) is 6.54. The summed E-state index contributed by atoms with van der Waals surface area (Å²) in [6.07, 6.45) is 4.88. The van der Waals surface area contributed by atoms with Crippen LogP contribution in [0.15, 0.2) is 41.6 Å². The van der Waals surface area contributed by atoms with Crippen molar-refractivity contribution >= 4 is 23.6 Å². The van der Waals surface area contributed by atoms with Crippen molar-refractivity contribution in [1.82, 2.24) is 4.90 Å². The number of nitrogens with two attached hydrogens (primary N) is 1. The van der Waals surface area contributed by atoms with Gasteiger partial charge in [-0.15, -0.1) is 0 Å². The Balaban J connectivity index is 1.53. The van der Waals surface area contributed by atoms with Gasteiger partial charge in [0.15, 0.2) is 5.84 Å². The third-order valence-electron chi connectivity index (χ3n) is 4.73. The minimum atomic E-state index is -0.645. The number of amides is 2. The summed E-state index contributed by atoms with van der Waals surface area (Å²) in [5.41, 5.74) is 7.50. The molecular weight excluding hydrogens is 334 g/mol. The van der Waals surface area contributed by atoms with Crippen LogP contribution in [0.2, 0.25) is 0 Å². The first-order valence-corrected chi connectivity index (χ1v) is 8.58. The van der Waals surface area contributed by atoms with Gasteiger partial charge in [0, 0.05) is 12.1 Å². The molecule has 1 saturated heterocycles. The van der Waals surface area contributed by atoms with E-state index in [2.05, 4.69) is 5.16 Å². The zero-order valence-corrected chi connectivity index (χ0v) is 14.6. The van der Waals surface area contributed by atoms with E-state index < -0.39 is 5.97 Å². The van der Waals surface area contributed by atoms with Crippen molar-refractivity contribution in [2.45, 2.75) is 26.2 Å². The number of amidine groups is 1. The number of carbonyl (C=O) groups excluding carboxylic acids is 3. The quantitative estimate of drug-likeness (QED) is 0.215. The van der Waals surface area contributed by atoms with Crippen molar-refractivity contribution in [2.24, 2.45) is 22.7 Å². The number of oxime groups is 1. The molecule has 7 nitrogen and oxygen atoms in total. The van der Waals surface area contributed by atoms with E-state index in [0.717, 1.165) is 10.5 Å². The first-order chi connectivity index (χ1) is 12.5. The predicted octanol–water partition coefficient (Wildman–Crippen LogP) is 1.50. The maximum Gasteiger partial charge on any atom is 0.336 e. The number of allylic oxidation sites excluding steroid dienone is 2. The van der Waals surface area contributed by atoms with Crippen LogP contribution in [0.5, 0.6) is 0 Å². The Kier molecular flexibility index (Phi) is 5.16. The second kappa shape index (κ2) is 7.51. The van der Waals surface area contributed by atoms with Crippen molar-refractivity contribution in [1.29, 1.82) is 0 Å². The van der Waals surface area contributed by atoms with Gasteiger partial charge < -0.3 is 10.6 Å². The number of nitrogens with zero attached hydrogens (tertiary/aromatic N) is 2. The van der Waals surface area contributed by atoms with Crippen molar-refractivity contribution in [3.8, 4) is 0 Å². The molecule has 1 heterocycles. The molecule has 0 spiro atoms. The fraction of sp³-hybridized carbons (Fsp3) is 0.368. The molecule has 2 aliphatic rings. The average Bonchev–Trinajstić information content (AvgIpc) is 2.89. The van der Waals surface area contributed by atoms with Crippen LogP contribution in [0.4, 0.5) is 0 Å². The number of carbonyl (C=O) groups is 3. The van der Waals surface area contributed by atoms with Crippen molar-refractivity contribution < 1.29 is 19.2 Å². The largest absolute Gasteiger partial charge is 0.380 e. The van der Waals surface area contributed by atoms with E-state index in [-0.39, 0.29) is 42.5 Å². The van der Waals surface area contributed by atoms with Gasteiger partial charge in [-0.25, -0.2) is 4.79 Å². The standard InChI is InChI=1S/C19H21N3O4/c1-12-6-8-13(9-7-12)17(20)21-26-16(23)10-11-22-18(24)14-4-2-3-5-15(14)19(22)25/h2-3,6-9,14-15H,4-5,10-11H2,1H3,(H2,20,21)/t14-,15-/m1/s1. The van der Waals surface area contributed by atoms with Crippen molar-refractivity contribution in [3.05, 3.63) is 47.5 Å². The number of fused-ring (bicyclic) bond motifs is 1. The van der Waals surface area contributed by atoms with Crippen molar-refractivity contribution in [2.75, 3.05) is 6.54 Å². The molecule has 0 radical (unpaired) electrons. The highest BCUT2D eigenvalue weighted by molar-refractivity contribution is 6.05. The molecular formula is C19H21N3O4. The summed E-state index contributed by atoms with van der Waals surface area (Å²) < 4.78 is 0. The molecule has 1 aromatic carbocycles. The third kappa shape index (κ3) is 3.66. The SMILES string of the molecule is Cc1ccc(/C(N)=N\OC(=O)CCN2C(=O)[C@@H]3CC=CC[C@H]3C2=O)cc1. The van der Waals surface area contributed by atoms with Gasteiger partial charge in [0.05, 0.1) is 18.3 Å². The Morgan fingerprint density at radius 1 is 1.15 bits per heavy atom. The van der Waals surface area contributed by atoms with Crippen LogP contribution in [0.1, 0.15) is 30.4 Å². The van der Waals surface area contributed by atoms with Gasteiger partial charge in [-0.05, 0) is 19.8 Å². The van der Waals surface area contributed by atoms with Crippen LogP contribution < -0.4 is 5.73 Å². The molecule has 2 N–H and O–H groups in total. The van der Waals surface area contributed by atoms with Crippen molar-refractivity contribution in [3.63, 3.8) is 0 Å². The zero-order chi connectivity index (χ0) is 18.7. The summed E-state index contributed by atoms with van der Waals surface area (Å²) in [7, 11) is 0. The lowest BCUT2D eigenvalue weighted by Gasteiger charge is -2.14. The lowest BCUT2D eigenvalue weighted by Crippen LogP contribution is -2.33. The minimum Gasteiger partial charge on any atom is -0.380 e. The molecule has 3 rings (SSSR count). The van der Waals surface area contributed by atoms with Crippen LogP contribution in [0.25, 0.3) is 0 Å². The molecule has 2 atom stereocenters. The van der Waals surface area contributed by atoms with Gasteiger partial charge in [-0.1, -0.05) is 47.1 Å². The van der Waals surface area contributed by atoms with Crippen LogP contribution in [0, 0.1) is 18.8 Å². The summed E-state index contributed by atoms with van der Waals surface area (Å²) in [6.45, 7) is 1.95. The Morgan fingerprint density at radius 3 is 2.31 bits per heavy atom. The third-order valence-corrected chi connectivity index (χ3v) is 4.73. The summed E-state index contributed by atoms with van der Waals surface area (Å²) in [5.74, 6) is -1.56. The number of likely N-dealkylation sites (tertiary alicyclic amines) is 1. The Hall–Kier alpha value is -2.96. The van der Waals surface area contributed by atoms with E-state index in [4.69, 9.17) is 10.6 Å². The number of benzene rings is 1. The van der Waals surface area contributed by atoms with E-state index in [1.165, 1.54) is 0 Å². The molecule has 1 fully saturated rings. The number of hydrogen-bond donors (Lipinski definition) is 1. The molecule has 1 aliphatic carbocycles. The minimum absolute atomic E-state index is 0.00343. The fourth-order valence-corrected chi connectivity index (χ4v) is 3.22. The summed E-state index contributed by atoms with van der Waals surface area (Å²) in [6, 6.07) is 7.30. The highest BCUT2D eigenvalue weighted by Crippen LogP contribution is 2.34. The van der Waals surface area contributed by atoms with E-state index in [1.807, 2.05) is 31.2 Å². The van der Waals surface area contributed by atoms with Crippen LogP contribution in [-0.4, -0.2) is 35.1 Å². The van der Waals surface area contributed by atoms with Crippen LogP contribution in [0.3, 0.4) is 0 Å². The lowest BCUT2D eigenvalue weighted by atomic mass is 9.85. The van der Waals surface area contributed by atoms with Crippen LogP contribution >= 0.6 is 0 Å². The second-order valence-corrected chi connectivity index (χ2v) is 6.54. The summed E-state index contributed by atoms with van der Waals surface area (Å²) >= 11 is 0. The number of aryl methyl sites for hydroxylation is 1. The molecule has 0 aromatic heterocycles. The Morgan fingerprint density at radius 2 is 1.73 bits per heavy atom. The van der Waals surface area contributed by atoms with E-state index >= 15 is 0 Å². The van der Waals surface area contributed by atoms with Gasteiger partial charge >= 0.3 is 5.97 Å². The lowest BCUT2D eigenvalue weighted by molar-refractivity contribution is -0.145. The van der Waals surface area contributed by atoms with E-state index in [1.54, 1.807) is 12.1 Å². The molecule has 136 valence electrons. The monoisotopic (exact) mass is 355 g/mol. The Labute approximate surface area is 151 Å². The molecule has 2 amide bonds. The zero-order valence-electron chi connectivity index (χ0n) is 14.6. The first-order valence-electron chi connectivity index (χ1n) is 8.58. The normalized spacial score (nSPS) is 22.5. The molecule has 1 aromatic rings. The molecule has 1 aliphatic heterocycles. The smallest absolute Gasteiger partial charge is 0.336 e. The number of imide groups is 1. The molecule has 0 unspecified atom stereocenters. The summed E-state index contributed by atoms with van der Waals surface area (Å²) in [5, 5.41) is 3.63. The van der Waals surface area contributed by atoms with Crippen LogP contribution in [-0.2, 0) is 19.2 Å². The first kappa shape index (κ1) is 17.8. The number of rotatable bonds is 5. The van der Waals surface area contributed by atoms with Gasteiger partial charge in [-0.3, -0.25) is 14.5 Å². The maximum absolute atomic E-state index is 12.3. The Bertz CT molecular complexity index is 756. The molecule has 0 bridgehead atoms.